The highest BCUT2D eigenvalue weighted by atomic mass is 16.7. The lowest BCUT2D eigenvalue weighted by molar-refractivity contribution is -0.139. The van der Waals surface area contributed by atoms with E-state index in [0.717, 1.165) is 6.42 Å². The molecular weight excluding hydrogens is 312 g/mol. The zero-order valence-corrected chi connectivity index (χ0v) is 13.4. The van der Waals surface area contributed by atoms with Crippen LogP contribution in [0.1, 0.15) is 23.2 Å². The number of morpholine rings is 1. The number of amides is 2. The summed E-state index contributed by atoms with van der Waals surface area (Å²) in [5, 5.41) is 0. The van der Waals surface area contributed by atoms with Crippen molar-refractivity contribution < 1.29 is 23.8 Å². The maximum atomic E-state index is 12.9. The summed E-state index contributed by atoms with van der Waals surface area (Å²) in [6.45, 7) is 3.11. The molecule has 0 bridgehead atoms. The van der Waals surface area contributed by atoms with Gasteiger partial charge >= 0.3 is 0 Å². The Bertz CT molecular complexity index is 656. The van der Waals surface area contributed by atoms with Crippen LogP contribution in [-0.4, -0.2) is 67.3 Å². The van der Waals surface area contributed by atoms with Crippen molar-refractivity contribution in [1.29, 1.82) is 0 Å². The van der Waals surface area contributed by atoms with E-state index in [1.807, 2.05) is 0 Å². The number of carbonyl (C=O) groups excluding carboxylic acids is 2. The molecule has 0 spiro atoms. The highest BCUT2D eigenvalue weighted by molar-refractivity contribution is 5.98. The fraction of sp³-hybridized carbons (Fsp3) is 0.529. The Morgan fingerprint density at radius 3 is 2.67 bits per heavy atom. The Kier molecular flexibility index (Phi) is 4.02. The smallest absolute Gasteiger partial charge is 0.254 e. The first-order valence-electron chi connectivity index (χ1n) is 8.31. The molecule has 1 aromatic rings. The number of carbonyl (C=O) groups is 2. The van der Waals surface area contributed by atoms with Gasteiger partial charge in [-0.2, -0.15) is 0 Å². The molecule has 3 aliphatic heterocycles. The van der Waals surface area contributed by atoms with Gasteiger partial charge in [0, 0.05) is 25.2 Å². The minimum absolute atomic E-state index is 0.0323. The summed E-state index contributed by atoms with van der Waals surface area (Å²) >= 11 is 0. The molecular formula is C17H20N2O5. The predicted octanol–water partition coefficient (Wildman–Crippen LogP) is 0.879. The summed E-state index contributed by atoms with van der Waals surface area (Å²) in [7, 11) is 0. The van der Waals surface area contributed by atoms with Crippen LogP contribution in [0, 0.1) is 0 Å². The monoisotopic (exact) mass is 332 g/mol. The van der Waals surface area contributed by atoms with Gasteiger partial charge in [-0.15, -0.1) is 0 Å². The lowest BCUT2D eigenvalue weighted by atomic mass is 10.1. The molecule has 7 nitrogen and oxygen atoms in total. The summed E-state index contributed by atoms with van der Waals surface area (Å²) < 4.78 is 15.9. The molecule has 0 saturated carbocycles. The van der Waals surface area contributed by atoms with Crippen LogP contribution in [0.5, 0.6) is 11.5 Å². The van der Waals surface area contributed by atoms with E-state index in [4.69, 9.17) is 14.2 Å². The maximum absolute atomic E-state index is 12.9. The van der Waals surface area contributed by atoms with Gasteiger partial charge in [-0.05, 0) is 31.0 Å². The van der Waals surface area contributed by atoms with E-state index >= 15 is 0 Å². The summed E-state index contributed by atoms with van der Waals surface area (Å²) in [4.78, 5) is 29.1. The molecule has 3 aliphatic rings. The van der Waals surface area contributed by atoms with E-state index in [-0.39, 0.29) is 24.6 Å². The van der Waals surface area contributed by atoms with Crippen molar-refractivity contribution in [2.24, 2.45) is 0 Å². The van der Waals surface area contributed by atoms with Crippen LogP contribution < -0.4 is 9.47 Å². The zero-order valence-electron chi connectivity index (χ0n) is 13.4. The first kappa shape index (κ1) is 15.3. The Hall–Kier alpha value is -2.28. The minimum atomic E-state index is -0.374. The molecule has 1 atom stereocenters. The van der Waals surface area contributed by atoms with Crippen LogP contribution in [0.3, 0.4) is 0 Å². The van der Waals surface area contributed by atoms with E-state index in [1.165, 1.54) is 0 Å². The number of likely N-dealkylation sites (tertiary alicyclic amines) is 1. The van der Waals surface area contributed by atoms with Crippen LogP contribution in [0.4, 0.5) is 0 Å². The van der Waals surface area contributed by atoms with Gasteiger partial charge in [0.05, 0.1) is 13.2 Å². The first-order chi connectivity index (χ1) is 11.7. The van der Waals surface area contributed by atoms with Crippen molar-refractivity contribution in [3.8, 4) is 11.5 Å². The number of ether oxygens (including phenoxy) is 3. The molecule has 2 fully saturated rings. The Labute approximate surface area is 140 Å². The van der Waals surface area contributed by atoms with Crippen molar-refractivity contribution in [1.82, 2.24) is 9.80 Å². The first-order valence-corrected chi connectivity index (χ1v) is 8.31. The molecule has 0 N–H and O–H groups in total. The normalized spacial score (nSPS) is 22.8. The SMILES string of the molecule is O=C([C@@H]1CCCN1C(=O)c1ccc2c(c1)OCO2)N1CCOCC1. The van der Waals surface area contributed by atoms with Crippen molar-refractivity contribution in [3.05, 3.63) is 23.8 Å². The largest absolute Gasteiger partial charge is 0.454 e. The molecule has 4 rings (SSSR count). The molecule has 128 valence electrons. The number of fused-ring (bicyclic) bond motifs is 1. The Balaban J connectivity index is 1.51. The van der Waals surface area contributed by atoms with Crippen LogP contribution >= 0.6 is 0 Å². The van der Waals surface area contributed by atoms with E-state index < -0.39 is 0 Å². The molecule has 7 heteroatoms. The minimum Gasteiger partial charge on any atom is -0.454 e. The van der Waals surface area contributed by atoms with Gasteiger partial charge in [-0.1, -0.05) is 0 Å². The zero-order chi connectivity index (χ0) is 16.5. The Morgan fingerprint density at radius 1 is 1.04 bits per heavy atom. The second kappa shape index (κ2) is 6.32. The van der Waals surface area contributed by atoms with Gasteiger partial charge < -0.3 is 24.0 Å². The van der Waals surface area contributed by atoms with E-state index in [1.54, 1.807) is 28.0 Å². The van der Waals surface area contributed by atoms with Crippen molar-refractivity contribution >= 4 is 11.8 Å². The van der Waals surface area contributed by atoms with E-state index in [9.17, 15) is 9.59 Å². The lowest BCUT2D eigenvalue weighted by Crippen LogP contribution is -2.51. The summed E-state index contributed by atoms with van der Waals surface area (Å²) in [6.07, 6.45) is 1.56. The van der Waals surface area contributed by atoms with Crippen LogP contribution in [0.2, 0.25) is 0 Å². The van der Waals surface area contributed by atoms with E-state index in [2.05, 4.69) is 0 Å². The molecule has 2 amide bonds. The number of rotatable bonds is 2. The van der Waals surface area contributed by atoms with Gasteiger partial charge in [-0.25, -0.2) is 0 Å². The molecule has 0 radical (unpaired) electrons. The number of nitrogens with zero attached hydrogens (tertiary/aromatic N) is 2. The van der Waals surface area contributed by atoms with Gasteiger partial charge in [0.25, 0.3) is 5.91 Å². The van der Waals surface area contributed by atoms with Gasteiger partial charge in [-0.3, -0.25) is 9.59 Å². The molecule has 2 saturated heterocycles. The second-order valence-corrected chi connectivity index (χ2v) is 6.16. The third kappa shape index (κ3) is 2.69. The van der Waals surface area contributed by atoms with Gasteiger partial charge in [0.15, 0.2) is 11.5 Å². The average Bonchev–Trinajstić information content (AvgIpc) is 3.29. The summed E-state index contributed by atoms with van der Waals surface area (Å²) in [6, 6.07) is 4.79. The summed E-state index contributed by atoms with van der Waals surface area (Å²) in [5.74, 6) is 1.13. The van der Waals surface area contributed by atoms with Crippen molar-refractivity contribution in [3.63, 3.8) is 0 Å². The molecule has 0 aliphatic carbocycles. The molecule has 0 unspecified atom stereocenters. The maximum Gasteiger partial charge on any atom is 0.254 e. The highest BCUT2D eigenvalue weighted by Crippen LogP contribution is 2.33. The Morgan fingerprint density at radius 2 is 1.83 bits per heavy atom. The fourth-order valence-electron chi connectivity index (χ4n) is 3.46. The number of hydrogen-bond donors (Lipinski definition) is 0. The second-order valence-electron chi connectivity index (χ2n) is 6.16. The van der Waals surface area contributed by atoms with Crippen molar-refractivity contribution in [2.75, 3.05) is 39.6 Å². The van der Waals surface area contributed by atoms with Gasteiger partial charge in [0.2, 0.25) is 12.7 Å². The molecule has 3 heterocycles. The molecule has 0 aromatic heterocycles. The standard InChI is InChI=1S/C17H20N2O5/c20-16(12-3-4-14-15(10-12)24-11-23-14)19-5-1-2-13(19)17(21)18-6-8-22-9-7-18/h3-4,10,13H,1-2,5-9,11H2/t13-/m0/s1. The fourth-order valence-corrected chi connectivity index (χ4v) is 3.46. The topological polar surface area (TPSA) is 68.3 Å². The number of benzene rings is 1. The number of hydrogen-bond acceptors (Lipinski definition) is 5. The summed E-state index contributed by atoms with van der Waals surface area (Å²) in [5.41, 5.74) is 0.529. The van der Waals surface area contributed by atoms with Crippen molar-refractivity contribution in [2.45, 2.75) is 18.9 Å². The average molecular weight is 332 g/mol. The quantitative estimate of drug-likeness (QED) is 0.804. The predicted molar refractivity (Wildman–Crippen MR) is 84.0 cm³/mol. The molecule has 24 heavy (non-hydrogen) atoms. The third-order valence-electron chi connectivity index (χ3n) is 4.74. The van der Waals surface area contributed by atoms with Crippen LogP contribution in [-0.2, 0) is 9.53 Å². The van der Waals surface area contributed by atoms with Gasteiger partial charge in [0.1, 0.15) is 6.04 Å². The highest BCUT2D eigenvalue weighted by Gasteiger charge is 2.37. The van der Waals surface area contributed by atoms with Crippen LogP contribution in [0.25, 0.3) is 0 Å². The lowest BCUT2D eigenvalue weighted by Gasteiger charge is -2.32. The van der Waals surface area contributed by atoms with Crippen LogP contribution in [0.15, 0.2) is 18.2 Å². The van der Waals surface area contributed by atoms with E-state index in [0.29, 0.717) is 56.3 Å². The third-order valence-corrected chi connectivity index (χ3v) is 4.74. The molecule has 1 aromatic carbocycles.